The Morgan fingerprint density at radius 1 is 1.41 bits per heavy atom. The van der Waals surface area contributed by atoms with Crippen molar-refractivity contribution in [3.63, 3.8) is 0 Å². The first-order chi connectivity index (χ1) is 10.8. The maximum atomic E-state index is 5.53. The molecule has 0 radical (unpaired) electrons. The highest BCUT2D eigenvalue weighted by molar-refractivity contribution is 7.99. The van der Waals surface area contributed by atoms with E-state index in [9.17, 15) is 0 Å². The second-order valence-corrected chi connectivity index (χ2v) is 7.02. The molecule has 0 saturated carbocycles. The third-order valence-electron chi connectivity index (χ3n) is 4.33. The molecule has 2 aromatic rings. The summed E-state index contributed by atoms with van der Waals surface area (Å²) in [6.07, 6.45) is 2.20. The van der Waals surface area contributed by atoms with Crippen LogP contribution in [0.3, 0.4) is 0 Å². The summed E-state index contributed by atoms with van der Waals surface area (Å²) in [5, 5.41) is 4.13. The first-order valence-corrected chi connectivity index (χ1v) is 8.82. The second-order valence-electron chi connectivity index (χ2n) is 5.87. The first kappa shape index (κ1) is 14.1. The fourth-order valence-electron chi connectivity index (χ4n) is 2.97. The zero-order valence-electron chi connectivity index (χ0n) is 12.6. The van der Waals surface area contributed by atoms with E-state index in [0.29, 0.717) is 24.3 Å². The minimum atomic E-state index is 0.623. The van der Waals surface area contributed by atoms with Gasteiger partial charge < -0.3 is 9.26 Å². The summed E-state index contributed by atoms with van der Waals surface area (Å²) in [6.45, 7) is 1.48. The largest absolute Gasteiger partial charge is 0.493 e. The average molecular weight is 317 g/mol. The molecule has 2 aliphatic rings. The molecule has 1 aromatic carbocycles. The lowest BCUT2D eigenvalue weighted by molar-refractivity contribution is 0.218. The van der Waals surface area contributed by atoms with Gasteiger partial charge in [-0.25, -0.2) is 0 Å². The number of aromatic nitrogens is 2. The summed E-state index contributed by atoms with van der Waals surface area (Å²) < 4.78 is 11.0. The van der Waals surface area contributed by atoms with Crippen molar-refractivity contribution in [3.8, 4) is 17.1 Å². The van der Waals surface area contributed by atoms with Crippen molar-refractivity contribution < 1.29 is 9.26 Å². The van der Waals surface area contributed by atoms with Crippen LogP contribution >= 0.6 is 11.8 Å². The molecular weight excluding hydrogens is 298 g/mol. The average Bonchev–Trinajstić information content (AvgIpc) is 3.27. The molecule has 3 heterocycles. The van der Waals surface area contributed by atoms with E-state index in [1.807, 2.05) is 23.9 Å². The van der Waals surface area contributed by atoms with Crippen LogP contribution < -0.4 is 4.74 Å². The highest BCUT2D eigenvalue weighted by Gasteiger charge is 2.22. The minimum absolute atomic E-state index is 0.623. The summed E-state index contributed by atoms with van der Waals surface area (Å²) >= 11 is 2.01. The van der Waals surface area contributed by atoms with E-state index >= 15 is 0 Å². The van der Waals surface area contributed by atoms with Gasteiger partial charge >= 0.3 is 0 Å². The van der Waals surface area contributed by atoms with Gasteiger partial charge in [0.2, 0.25) is 11.7 Å². The maximum absolute atomic E-state index is 5.53. The van der Waals surface area contributed by atoms with E-state index in [0.717, 1.165) is 24.3 Å². The van der Waals surface area contributed by atoms with Gasteiger partial charge in [-0.15, -0.1) is 0 Å². The summed E-state index contributed by atoms with van der Waals surface area (Å²) in [4.78, 5) is 6.86. The van der Waals surface area contributed by atoms with Gasteiger partial charge in [0.05, 0.1) is 13.2 Å². The van der Waals surface area contributed by atoms with Gasteiger partial charge in [-0.3, -0.25) is 4.90 Å². The van der Waals surface area contributed by atoms with Gasteiger partial charge in [-0.05, 0) is 43.0 Å². The lowest BCUT2D eigenvalue weighted by Crippen LogP contribution is -2.30. The number of fused-ring (bicyclic) bond motifs is 1. The maximum Gasteiger partial charge on any atom is 0.241 e. The molecule has 2 aliphatic heterocycles. The zero-order chi connectivity index (χ0) is 14.9. The van der Waals surface area contributed by atoms with Crippen LogP contribution in [0.25, 0.3) is 11.4 Å². The van der Waals surface area contributed by atoms with E-state index in [1.54, 1.807) is 0 Å². The lowest BCUT2D eigenvalue weighted by atomic mass is 10.1. The van der Waals surface area contributed by atoms with Gasteiger partial charge in [-0.2, -0.15) is 16.7 Å². The smallest absolute Gasteiger partial charge is 0.241 e. The monoisotopic (exact) mass is 317 g/mol. The predicted octanol–water partition coefficient (Wildman–Crippen LogP) is 2.61. The number of nitrogens with zero attached hydrogens (tertiary/aromatic N) is 3. The molecule has 116 valence electrons. The zero-order valence-corrected chi connectivity index (χ0v) is 13.4. The van der Waals surface area contributed by atoms with Crippen LogP contribution in [-0.2, 0) is 13.0 Å². The number of thioether (sulfide) groups is 1. The minimum Gasteiger partial charge on any atom is -0.493 e. The van der Waals surface area contributed by atoms with Crippen LogP contribution in [-0.4, -0.2) is 46.2 Å². The highest BCUT2D eigenvalue weighted by atomic mass is 32.2. The SMILES string of the molecule is CN(Cc1nc(-c2ccc3c(c2)CCO3)no1)C1CCSC1. The summed E-state index contributed by atoms with van der Waals surface area (Å²) in [7, 11) is 2.13. The van der Waals surface area contributed by atoms with E-state index in [-0.39, 0.29) is 0 Å². The normalized spacial score (nSPS) is 20.4. The van der Waals surface area contributed by atoms with Crippen LogP contribution in [0.1, 0.15) is 17.9 Å². The van der Waals surface area contributed by atoms with Gasteiger partial charge in [-0.1, -0.05) is 5.16 Å². The Hall–Kier alpha value is -1.53. The highest BCUT2D eigenvalue weighted by Crippen LogP contribution is 2.29. The second kappa shape index (κ2) is 5.93. The molecule has 1 saturated heterocycles. The molecule has 4 rings (SSSR count). The predicted molar refractivity (Wildman–Crippen MR) is 86.1 cm³/mol. The van der Waals surface area contributed by atoms with Crippen LogP contribution in [0.2, 0.25) is 0 Å². The van der Waals surface area contributed by atoms with Gasteiger partial charge in [0.1, 0.15) is 5.75 Å². The third-order valence-corrected chi connectivity index (χ3v) is 5.47. The summed E-state index contributed by atoms with van der Waals surface area (Å²) in [5.41, 5.74) is 2.22. The van der Waals surface area contributed by atoms with E-state index < -0.39 is 0 Å². The molecule has 22 heavy (non-hydrogen) atoms. The Morgan fingerprint density at radius 2 is 2.36 bits per heavy atom. The van der Waals surface area contributed by atoms with Crippen molar-refractivity contribution in [2.45, 2.75) is 25.4 Å². The van der Waals surface area contributed by atoms with E-state index in [4.69, 9.17) is 9.26 Å². The number of rotatable bonds is 4. The fraction of sp³-hybridized carbons (Fsp3) is 0.500. The van der Waals surface area contributed by atoms with Crippen LogP contribution in [0.5, 0.6) is 5.75 Å². The molecule has 0 bridgehead atoms. The van der Waals surface area contributed by atoms with E-state index in [1.165, 1.54) is 23.5 Å². The van der Waals surface area contributed by atoms with Crippen molar-refractivity contribution in [2.75, 3.05) is 25.2 Å². The number of hydrogen-bond donors (Lipinski definition) is 0. The lowest BCUT2D eigenvalue weighted by Gasteiger charge is -2.21. The standard InChI is InChI=1S/C16H19N3O2S/c1-19(13-5-7-22-10-13)9-15-17-16(18-21-15)12-2-3-14-11(8-12)4-6-20-14/h2-3,8,13H,4-7,9-10H2,1H3. The van der Waals surface area contributed by atoms with Crippen LogP contribution in [0, 0.1) is 0 Å². The molecule has 0 spiro atoms. The van der Waals surface area contributed by atoms with Crippen molar-refractivity contribution in [3.05, 3.63) is 29.7 Å². The number of ether oxygens (including phenoxy) is 1. The quantitative estimate of drug-likeness (QED) is 0.864. The van der Waals surface area contributed by atoms with Gasteiger partial charge in [0.25, 0.3) is 0 Å². The van der Waals surface area contributed by atoms with Crippen LogP contribution in [0.15, 0.2) is 22.7 Å². The molecule has 6 heteroatoms. The molecule has 0 amide bonds. The Labute approximate surface area is 134 Å². The van der Waals surface area contributed by atoms with Crippen molar-refractivity contribution in [1.29, 1.82) is 0 Å². The molecule has 0 N–H and O–H groups in total. The Kier molecular flexibility index (Phi) is 3.80. The molecular formula is C16H19N3O2S. The fourth-order valence-corrected chi connectivity index (χ4v) is 4.27. The van der Waals surface area contributed by atoms with Crippen molar-refractivity contribution >= 4 is 11.8 Å². The summed E-state index contributed by atoms with van der Waals surface area (Å²) in [5.74, 6) is 4.78. The van der Waals surface area contributed by atoms with Gasteiger partial charge in [0.15, 0.2) is 0 Å². The van der Waals surface area contributed by atoms with Crippen molar-refractivity contribution in [2.24, 2.45) is 0 Å². The van der Waals surface area contributed by atoms with Crippen LogP contribution in [0.4, 0.5) is 0 Å². The third kappa shape index (κ3) is 2.73. The number of hydrogen-bond acceptors (Lipinski definition) is 6. The molecule has 5 nitrogen and oxygen atoms in total. The molecule has 1 aromatic heterocycles. The Balaban J connectivity index is 1.49. The molecule has 1 atom stereocenters. The molecule has 1 unspecified atom stereocenters. The Bertz CT molecular complexity index is 667. The van der Waals surface area contributed by atoms with E-state index in [2.05, 4.69) is 28.2 Å². The first-order valence-electron chi connectivity index (χ1n) is 7.66. The molecule has 1 fully saturated rings. The molecule has 0 aliphatic carbocycles. The summed E-state index contributed by atoms with van der Waals surface area (Å²) in [6, 6.07) is 6.72. The number of benzene rings is 1. The van der Waals surface area contributed by atoms with Crippen molar-refractivity contribution in [1.82, 2.24) is 15.0 Å². The topological polar surface area (TPSA) is 51.4 Å². The Morgan fingerprint density at radius 3 is 3.23 bits per heavy atom. The van der Waals surface area contributed by atoms with Gasteiger partial charge in [0, 0.05) is 23.8 Å².